The fourth-order valence-electron chi connectivity index (χ4n) is 3.21. The van der Waals surface area contributed by atoms with Crippen LogP contribution in [-0.4, -0.2) is 32.6 Å². The van der Waals surface area contributed by atoms with Crippen LogP contribution in [0.2, 0.25) is 0 Å². The van der Waals surface area contributed by atoms with Crippen molar-refractivity contribution in [3.63, 3.8) is 0 Å². The first-order valence-electron chi connectivity index (χ1n) is 8.89. The molecule has 0 amide bonds. The van der Waals surface area contributed by atoms with Gasteiger partial charge in [0.25, 0.3) is 0 Å². The molecule has 0 spiro atoms. The summed E-state index contributed by atoms with van der Waals surface area (Å²) in [5.74, 6) is 1.60. The lowest BCUT2D eigenvalue weighted by Gasteiger charge is -2.17. The Labute approximate surface area is 162 Å². The van der Waals surface area contributed by atoms with Gasteiger partial charge >= 0.3 is 0 Å². The fraction of sp³-hybridized carbons (Fsp3) is 0.238. The van der Waals surface area contributed by atoms with E-state index in [4.69, 9.17) is 9.97 Å². The Balaban J connectivity index is 1.71. The van der Waals surface area contributed by atoms with Gasteiger partial charge in [0.15, 0.2) is 5.82 Å². The molecule has 138 valence electrons. The SMILES string of the molecule is Cc1ccc(-c2nc3c(c(N(C)C)n2)CN(S(=O)c2ccccc2)C3)cc1. The van der Waals surface area contributed by atoms with Crippen molar-refractivity contribution in [2.24, 2.45) is 0 Å². The molecule has 0 bridgehead atoms. The second kappa shape index (κ2) is 7.21. The molecule has 0 aliphatic carbocycles. The van der Waals surface area contributed by atoms with Gasteiger partial charge in [-0.1, -0.05) is 48.0 Å². The van der Waals surface area contributed by atoms with Crippen molar-refractivity contribution in [3.8, 4) is 11.4 Å². The van der Waals surface area contributed by atoms with Gasteiger partial charge < -0.3 is 4.90 Å². The average molecular weight is 379 g/mol. The molecule has 27 heavy (non-hydrogen) atoms. The summed E-state index contributed by atoms with van der Waals surface area (Å²) < 4.78 is 14.9. The molecule has 5 nitrogen and oxygen atoms in total. The number of aryl methyl sites for hydroxylation is 1. The van der Waals surface area contributed by atoms with Crippen molar-refractivity contribution in [3.05, 3.63) is 71.4 Å². The van der Waals surface area contributed by atoms with Gasteiger partial charge in [0.05, 0.1) is 17.1 Å². The number of benzene rings is 2. The summed E-state index contributed by atoms with van der Waals surface area (Å²) in [6, 6.07) is 17.8. The summed E-state index contributed by atoms with van der Waals surface area (Å²) in [7, 11) is 2.76. The van der Waals surface area contributed by atoms with E-state index in [0.717, 1.165) is 27.5 Å². The molecule has 0 saturated heterocycles. The summed E-state index contributed by atoms with van der Waals surface area (Å²) in [6.45, 7) is 3.20. The summed E-state index contributed by atoms with van der Waals surface area (Å²) in [4.78, 5) is 12.4. The highest BCUT2D eigenvalue weighted by atomic mass is 32.2. The quantitative estimate of drug-likeness (QED) is 0.697. The van der Waals surface area contributed by atoms with Crippen molar-refractivity contribution >= 4 is 16.8 Å². The number of hydrogen-bond donors (Lipinski definition) is 0. The predicted octanol–water partition coefficient (Wildman–Crippen LogP) is 3.56. The van der Waals surface area contributed by atoms with Crippen molar-refractivity contribution < 1.29 is 4.21 Å². The second-order valence-corrected chi connectivity index (χ2v) is 8.40. The normalized spacial score (nSPS) is 14.8. The maximum atomic E-state index is 13.0. The van der Waals surface area contributed by atoms with Crippen LogP contribution in [0.15, 0.2) is 59.5 Å². The van der Waals surface area contributed by atoms with Crippen molar-refractivity contribution in [2.45, 2.75) is 24.9 Å². The van der Waals surface area contributed by atoms with Crippen molar-refractivity contribution in [2.75, 3.05) is 19.0 Å². The molecule has 1 aliphatic heterocycles. The summed E-state index contributed by atoms with van der Waals surface area (Å²) in [5.41, 5.74) is 4.21. The molecule has 2 aromatic carbocycles. The topological polar surface area (TPSA) is 49.3 Å². The molecule has 0 N–H and O–H groups in total. The van der Waals surface area contributed by atoms with Crippen LogP contribution in [0.5, 0.6) is 0 Å². The van der Waals surface area contributed by atoms with Crippen LogP contribution in [0.25, 0.3) is 11.4 Å². The second-order valence-electron chi connectivity index (χ2n) is 6.92. The molecule has 1 aromatic heterocycles. The largest absolute Gasteiger partial charge is 0.362 e. The van der Waals surface area contributed by atoms with Crippen LogP contribution in [0, 0.1) is 6.92 Å². The van der Waals surface area contributed by atoms with Crippen LogP contribution in [0.3, 0.4) is 0 Å². The maximum Gasteiger partial charge on any atom is 0.161 e. The molecular weight excluding hydrogens is 356 g/mol. The zero-order chi connectivity index (χ0) is 19.0. The Bertz CT molecular complexity index is 987. The van der Waals surface area contributed by atoms with Crippen LogP contribution in [-0.2, 0) is 24.1 Å². The first-order valence-corrected chi connectivity index (χ1v) is 9.99. The lowest BCUT2D eigenvalue weighted by atomic mass is 10.1. The van der Waals surface area contributed by atoms with E-state index in [2.05, 4.69) is 19.1 Å². The van der Waals surface area contributed by atoms with Crippen molar-refractivity contribution in [1.82, 2.24) is 14.3 Å². The molecule has 6 heteroatoms. The zero-order valence-corrected chi connectivity index (χ0v) is 16.5. The average Bonchev–Trinajstić information content (AvgIpc) is 3.11. The van der Waals surface area contributed by atoms with E-state index in [1.807, 2.05) is 65.8 Å². The Hall–Kier alpha value is -2.57. The van der Waals surface area contributed by atoms with Crippen molar-refractivity contribution in [1.29, 1.82) is 0 Å². The highest BCUT2D eigenvalue weighted by Gasteiger charge is 2.30. The van der Waals surface area contributed by atoms with E-state index >= 15 is 0 Å². The van der Waals surface area contributed by atoms with Gasteiger partial charge in [0.2, 0.25) is 0 Å². The highest BCUT2D eigenvalue weighted by Crippen LogP contribution is 2.32. The third-order valence-corrected chi connectivity index (χ3v) is 6.05. The predicted molar refractivity (Wildman–Crippen MR) is 109 cm³/mol. The minimum absolute atomic E-state index is 0.555. The lowest BCUT2D eigenvalue weighted by Crippen LogP contribution is -2.20. The van der Waals surface area contributed by atoms with E-state index in [9.17, 15) is 4.21 Å². The maximum absolute atomic E-state index is 13.0. The monoisotopic (exact) mass is 378 g/mol. The molecule has 0 radical (unpaired) electrons. The van der Waals surface area contributed by atoms with E-state index in [0.29, 0.717) is 18.9 Å². The Morgan fingerprint density at radius 1 is 0.963 bits per heavy atom. The van der Waals surface area contributed by atoms with E-state index in [1.54, 1.807) is 0 Å². The van der Waals surface area contributed by atoms with Gasteiger partial charge in [-0.05, 0) is 19.1 Å². The molecule has 0 saturated carbocycles. The standard InChI is InChI=1S/C21H22N4OS/c1-15-9-11-16(12-10-15)20-22-19-14-25(13-18(19)21(23-20)24(2)3)27(26)17-7-5-4-6-8-17/h4-12H,13-14H2,1-3H3. The number of anilines is 1. The van der Waals surface area contributed by atoms with Crippen LogP contribution in [0.1, 0.15) is 16.8 Å². The molecule has 2 heterocycles. The van der Waals surface area contributed by atoms with Crippen LogP contribution < -0.4 is 4.90 Å². The van der Waals surface area contributed by atoms with Gasteiger partial charge in [0.1, 0.15) is 16.8 Å². The number of nitrogens with zero attached hydrogens (tertiary/aromatic N) is 4. The van der Waals surface area contributed by atoms with E-state index < -0.39 is 11.0 Å². The molecule has 3 aromatic rings. The summed E-state index contributed by atoms with van der Waals surface area (Å²) in [5, 5.41) is 0. The summed E-state index contributed by atoms with van der Waals surface area (Å²) in [6.07, 6.45) is 0. The zero-order valence-electron chi connectivity index (χ0n) is 15.7. The third-order valence-electron chi connectivity index (χ3n) is 4.64. The molecule has 4 rings (SSSR count). The number of aromatic nitrogens is 2. The Kier molecular flexibility index (Phi) is 4.76. The highest BCUT2D eigenvalue weighted by molar-refractivity contribution is 7.82. The van der Waals surface area contributed by atoms with Gasteiger partial charge in [-0.25, -0.2) is 18.5 Å². The first kappa shape index (κ1) is 17.8. The van der Waals surface area contributed by atoms with Gasteiger partial charge in [-0.2, -0.15) is 0 Å². The Morgan fingerprint density at radius 3 is 2.33 bits per heavy atom. The molecular formula is C21H22N4OS. The van der Waals surface area contributed by atoms with E-state index in [1.165, 1.54) is 5.56 Å². The van der Waals surface area contributed by atoms with Crippen LogP contribution >= 0.6 is 0 Å². The first-order chi connectivity index (χ1) is 13.0. The van der Waals surface area contributed by atoms with Gasteiger partial charge in [0, 0.05) is 31.8 Å². The van der Waals surface area contributed by atoms with Crippen LogP contribution in [0.4, 0.5) is 5.82 Å². The van der Waals surface area contributed by atoms with Gasteiger partial charge in [-0.3, -0.25) is 0 Å². The lowest BCUT2D eigenvalue weighted by molar-refractivity contribution is 0.471. The number of rotatable bonds is 4. The molecule has 1 unspecified atom stereocenters. The Morgan fingerprint density at radius 2 is 1.67 bits per heavy atom. The number of hydrogen-bond acceptors (Lipinski definition) is 4. The molecule has 0 fully saturated rings. The minimum atomic E-state index is -1.21. The smallest absolute Gasteiger partial charge is 0.161 e. The molecule has 1 aliphatic rings. The minimum Gasteiger partial charge on any atom is -0.362 e. The summed E-state index contributed by atoms with van der Waals surface area (Å²) >= 11 is 0. The fourth-order valence-corrected chi connectivity index (χ4v) is 4.39. The number of fused-ring (bicyclic) bond motifs is 1. The molecule has 1 atom stereocenters. The third kappa shape index (κ3) is 3.50. The van der Waals surface area contributed by atoms with Gasteiger partial charge in [-0.15, -0.1) is 0 Å². The van der Waals surface area contributed by atoms with E-state index in [-0.39, 0.29) is 0 Å².